The van der Waals surface area contributed by atoms with Crippen molar-refractivity contribution >= 4 is 12.0 Å². The Kier molecular flexibility index (Phi) is 5.80. The minimum atomic E-state index is -0.965. The molecule has 0 bridgehead atoms. The molecule has 1 aliphatic heterocycles. The lowest BCUT2D eigenvalue weighted by Gasteiger charge is -2.26. The smallest absolute Gasteiger partial charge is 0.326 e. The molecule has 2 N–H and O–H groups in total. The highest BCUT2D eigenvalue weighted by Gasteiger charge is 2.21. The van der Waals surface area contributed by atoms with Gasteiger partial charge in [0.15, 0.2) is 0 Å². The average Bonchev–Trinajstić information content (AvgIpc) is 2.24. The SMILES string of the molecule is CCC(NC(=O)N1CCCCCCC1)C(=O)O. The van der Waals surface area contributed by atoms with E-state index in [0.29, 0.717) is 6.42 Å². The fraction of sp³-hybridized carbons (Fsp3) is 0.833. The number of nitrogens with one attached hydrogen (secondary N) is 1. The molecular weight excluding hydrogens is 220 g/mol. The predicted octanol–water partition coefficient (Wildman–Crippen LogP) is 1.83. The van der Waals surface area contributed by atoms with E-state index < -0.39 is 12.0 Å². The third-order valence-corrected chi connectivity index (χ3v) is 3.15. The summed E-state index contributed by atoms with van der Waals surface area (Å²) in [6.07, 6.45) is 5.98. The molecule has 1 unspecified atom stereocenters. The molecule has 1 rings (SSSR count). The van der Waals surface area contributed by atoms with Gasteiger partial charge in [-0.1, -0.05) is 26.2 Å². The molecule has 0 aromatic heterocycles. The molecule has 5 heteroatoms. The summed E-state index contributed by atoms with van der Waals surface area (Å²) >= 11 is 0. The topological polar surface area (TPSA) is 69.6 Å². The van der Waals surface area contributed by atoms with Gasteiger partial charge in [0.1, 0.15) is 6.04 Å². The van der Waals surface area contributed by atoms with Gasteiger partial charge in [-0.2, -0.15) is 0 Å². The molecular formula is C12H22N2O3. The summed E-state index contributed by atoms with van der Waals surface area (Å²) in [4.78, 5) is 24.5. The van der Waals surface area contributed by atoms with E-state index in [-0.39, 0.29) is 6.03 Å². The molecule has 0 aromatic rings. The zero-order valence-corrected chi connectivity index (χ0v) is 10.4. The number of hydrogen-bond acceptors (Lipinski definition) is 2. The van der Waals surface area contributed by atoms with Crippen LogP contribution in [0.15, 0.2) is 0 Å². The van der Waals surface area contributed by atoms with Crippen molar-refractivity contribution in [1.29, 1.82) is 0 Å². The van der Waals surface area contributed by atoms with Crippen molar-refractivity contribution in [3.63, 3.8) is 0 Å². The Morgan fingerprint density at radius 1 is 1.18 bits per heavy atom. The van der Waals surface area contributed by atoms with Crippen molar-refractivity contribution in [3.05, 3.63) is 0 Å². The van der Waals surface area contributed by atoms with Crippen molar-refractivity contribution in [1.82, 2.24) is 10.2 Å². The number of carboxylic acid groups (broad SMARTS) is 1. The fourth-order valence-electron chi connectivity index (χ4n) is 2.03. The molecule has 0 radical (unpaired) electrons. The molecule has 1 aliphatic rings. The van der Waals surface area contributed by atoms with Crippen LogP contribution in [-0.4, -0.2) is 41.1 Å². The van der Waals surface area contributed by atoms with Gasteiger partial charge in [0, 0.05) is 13.1 Å². The van der Waals surface area contributed by atoms with Crippen LogP contribution >= 0.6 is 0 Å². The summed E-state index contributed by atoms with van der Waals surface area (Å²) in [6, 6.07) is -1.01. The van der Waals surface area contributed by atoms with Crippen LogP contribution in [0, 0.1) is 0 Å². The minimum absolute atomic E-state index is 0.235. The normalized spacial score (nSPS) is 19.0. The number of aliphatic carboxylic acids is 1. The molecule has 5 nitrogen and oxygen atoms in total. The minimum Gasteiger partial charge on any atom is -0.480 e. The van der Waals surface area contributed by atoms with Crippen LogP contribution in [0.4, 0.5) is 4.79 Å². The molecule has 2 amide bonds. The Morgan fingerprint density at radius 2 is 1.71 bits per heavy atom. The van der Waals surface area contributed by atoms with Crippen LogP contribution in [0.5, 0.6) is 0 Å². The Labute approximate surface area is 102 Å². The average molecular weight is 242 g/mol. The second-order valence-electron chi connectivity index (χ2n) is 4.50. The van der Waals surface area contributed by atoms with E-state index >= 15 is 0 Å². The summed E-state index contributed by atoms with van der Waals surface area (Å²) in [7, 11) is 0. The third kappa shape index (κ3) is 4.63. The molecule has 1 heterocycles. The number of nitrogens with zero attached hydrogens (tertiary/aromatic N) is 1. The van der Waals surface area contributed by atoms with Crippen LogP contribution in [0.3, 0.4) is 0 Å². The Morgan fingerprint density at radius 3 is 2.18 bits per heavy atom. The molecule has 0 aliphatic carbocycles. The number of carbonyl (C=O) groups is 2. The number of amides is 2. The van der Waals surface area contributed by atoms with Crippen molar-refractivity contribution in [3.8, 4) is 0 Å². The molecule has 1 atom stereocenters. The first-order chi connectivity index (χ1) is 8.15. The van der Waals surface area contributed by atoms with Gasteiger partial charge in [0.05, 0.1) is 0 Å². The van der Waals surface area contributed by atoms with Crippen LogP contribution in [0.2, 0.25) is 0 Å². The number of rotatable bonds is 3. The Balaban J connectivity index is 2.46. The monoisotopic (exact) mass is 242 g/mol. The van der Waals surface area contributed by atoms with Crippen molar-refractivity contribution in [2.45, 2.75) is 51.5 Å². The molecule has 17 heavy (non-hydrogen) atoms. The Hall–Kier alpha value is -1.26. The lowest BCUT2D eigenvalue weighted by Crippen LogP contribution is -2.48. The molecule has 0 spiro atoms. The maximum Gasteiger partial charge on any atom is 0.326 e. The van der Waals surface area contributed by atoms with Crippen molar-refractivity contribution < 1.29 is 14.7 Å². The van der Waals surface area contributed by atoms with E-state index in [1.54, 1.807) is 11.8 Å². The van der Waals surface area contributed by atoms with Crippen molar-refractivity contribution in [2.24, 2.45) is 0 Å². The zero-order valence-electron chi connectivity index (χ0n) is 10.4. The van der Waals surface area contributed by atoms with Gasteiger partial charge in [-0.25, -0.2) is 9.59 Å². The largest absolute Gasteiger partial charge is 0.480 e. The number of urea groups is 1. The van der Waals surface area contributed by atoms with Gasteiger partial charge in [-0.05, 0) is 19.3 Å². The molecule has 0 saturated carbocycles. The van der Waals surface area contributed by atoms with E-state index in [0.717, 1.165) is 38.8 Å². The lowest BCUT2D eigenvalue weighted by atomic mass is 10.1. The van der Waals surface area contributed by atoms with Crippen LogP contribution < -0.4 is 5.32 Å². The van der Waals surface area contributed by atoms with E-state index in [4.69, 9.17) is 5.11 Å². The van der Waals surface area contributed by atoms with E-state index in [1.807, 2.05) is 0 Å². The summed E-state index contributed by atoms with van der Waals surface area (Å²) in [5.41, 5.74) is 0. The number of hydrogen-bond donors (Lipinski definition) is 2. The first kappa shape index (κ1) is 13.8. The van der Waals surface area contributed by atoms with Gasteiger partial charge in [0.25, 0.3) is 0 Å². The van der Waals surface area contributed by atoms with E-state index in [1.165, 1.54) is 6.42 Å². The first-order valence-electron chi connectivity index (χ1n) is 6.43. The van der Waals surface area contributed by atoms with Crippen LogP contribution in [0.25, 0.3) is 0 Å². The summed E-state index contributed by atoms with van der Waals surface area (Å²) in [6.45, 7) is 3.23. The van der Waals surface area contributed by atoms with Crippen LogP contribution in [0.1, 0.15) is 45.4 Å². The maximum atomic E-state index is 11.9. The van der Waals surface area contributed by atoms with Gasteiger partial charge in [0.2, 0.25) is 0 Å². The fourth-order valence-corrected chi connectivity index (χ4v) is 2.03. The molecule has 1 fully saturated rings. The number of carbonyl (C=O) groups excluding carboxylic acids is 1. The van der Waals surface area contributed by atoms with E-state index in [9.17, 15) is 9.59 Å². The van der Waals surface area contributed by atoms with Gasteiger partial charge in [-0.3, -0.25) is 0 Å². The molecule has 0 aromatic carbocycles. The second kappa shape index (κ2) is 7.14. The lowest BCUT2D eigenvalue weighted by molar-refractivity contribution is -0.139. The summed E-state index contributed by atoms with van der Waals surface area (Å²) in [5, 5.41) is 11.5. The quantitative estimate of drug-likeness (QED) is 0.793. The van der Waals surface area contributed by atoms with Gasteiger partial charge < -0.3 is 15.3 Å². The standard InChI is InChI=1S/C12H22N2O3/c1-2-10(11(15)16)13-12(17)14-8-6-4-3-5-7-9-14/h10H,2-9H2,1H3,(H,13,17)(H,15,16). The highest BCUT2D eigenvalue weighted by molar-refractivity contribution is 5.82. The predicted molar refractivity (Wildman–Crippen MR) is 64.9 cm³/mol. The van der Waals surface area contributed by atoms with Crippen molar-refractivity contribution in [2.75, 3.05) is 13.1 Å². The third-order valence-electron chi connectivity index (χ3n) is 3.15. The highest BCUT2D eigenvalue weighted by Crippen LogP contribution is 2.10. The summed E-state index contributed by atoms with van der Waals surface area (Å²) in [5.74, 6) is -0.965. The molecule has 98 valence electrons. The summed E-state index contributed by atoms with van der Waals surface area (Å²) < 4.78 is 0. The number of likely N-dealkylation sites (tertiary alicyclic amines) is 1. The van der Waals surface area contributed by atoms with Crippen LogP contribution in [-0.2, 0) is 4.79 Å². The zero-order chi connectivity index (χ0) is 12.7. The maximum absolute atomic E-state index is 11.9. The number of carboxylic acids is 1. The highest BCUT2D eigenvalue weighted by atomic mass is 16.4. The van der Waals surface area contributed by atoms with Gasteiger partial charge in [-0.15, -0.1) is 0 Å². The van der Waals surface area contributed by atoms with Gasteiger partial charge >= 0.3 is 12.0 Å². The molecule has 1 saturated heterocycles. The Bertz CT molecular complexity index is 260. The van der Waals surface area contributed by atoms with E-state index in [2.05, 4.69) is 5.32 Å². The first-order valence-corrected chi connectivity index (χ1v) is 6.43. The second-order valence-corrected chi connectivity index (χ2v) is 4.50.